The van der Waals surface area contributed by atoms with Gasteiger partial charge in [0.2, 0.25) is 5.43 Å². The van der Waals surface area contributed by atoms with E-state index in [1.54, 1.807) is 23.6 Å². The molecule has 0 radical (unpaired) electrons. The molecule has 6 nitrogen and oxygen atoms in total. The maximum Gasteiger partial charge on any atom is 0.300 e. The summed E-state index contributed by atoms with van der Waals surface area (Å²) in [4.78, 5) is 29.1. The van der Waals surface area contributed by atoms with Crippen LogP contribution >= 0.6 is 43.2 Å². The van der Waals surface area contributed by atoms with Crippen LogP contribution < -0.4 is 10.9 Å². The molecule has 1 amide bonds. The standard InChI is InChI=1S/C20H11Br2N3O3S/c21-13-3-1-2-11(6-13)16-10-29-20(24-16)19(27)25-23-8-12-9-28-17-7-14(22)4-5-15(17)18(12)26/h1-10H,(H,25,27)/b23-8+. The summed E-state index contributed by atoms with van der Waals surface area (Å²) in [5, 5.41) is 6.37. The van der Waals surface area contributed by atoms with E-state index >= 15 is 0 Å². The summed E-state index contributed by atoms with van der Waals surface area (Å²) in [5.74, 6) is -0.457. The molecule has 0 fully saturated rings. The van der Waals surface area contributed by atoms with E-state index in [9.17, 15) is 9.59 Å². The van der Waals surface area contributed by atoms with Gasteiger partial charge in [-0.2, -0.15) is 5.10 Å². The Labute approximate surface area is 185 Å². The quantitative estimate of drug-likeness (QED) is 0.289. The van der Waals surface area contributed by atoms with Crippen molar-refractivity contribution in [3.05, 3.63) is 83.8 Å². The number of nitrogens with one attached hydrogen (secondary N) is 1. The summed E-state index contributed by atoms with van der Waals surface area (Å²) in [6.45, 7) is 0. The molecule has 0 spiro atoms. The van der Waals surface area contributed by atoms with E-state index < -0.39 is 5.91 Å². The molecule has 9 heteroatoms. The second-order valence-electron chi connectivity index (χ2n) is 5.91. The van der Waals surface area contributed by atoms with Crippen molar-refractivity contribution in [3.63, 3.8) is 0 Å². The van der Waals surface area contributed by atoms with Crippen LogP contribution in [-0.2, 0) is 0 Å². The predicted octanol–water partition coefficient (Wildman–Crippen LogP) is 5.21. The number of rotatable bonds is 4. The molecule has 0 unspecified atom stereocenters. The molecular weight excluding hydrogens is 522 g/mol. The normalized spacial score (nSPS) is 11.2. The molecule has 2 aromatic carbocycles. The SMILES string of the molecule is O=C(N/N=C/c1coc2cc(Br)ccc2c1=O)c1nc(-c2cccc(Br)c2)cs1. The first-order valence-corrected chi connectivity index (χ1v) is 10.7. The van der Waals surface area contributed by atoms with E-state index in [2.05, 4.69) is 47.4 Å². The maximum absolute atomic E-state index is 12.5. The fourth-order valence-electron chi connectivity index (χ4n) is 2.57. The number of fused-ring (bicyclic) bond motifs is 1. The first-order chi connectivity index (χ1) is 14.0. The molecule has 0 aliphatic rings. The smallest absolute Gasteiger partial charge is 0.300 e. The largest absolute Gasteiger partial charge is 0.463 e. The highest BCUT2D eigenvalue weighted by Gasteiger charge is 2.12. The summed E-state index contributed by atoms with van der Waals surface area (Å²) >= 11 is 7.96. The zero-order valence-electron chi connectivity index (χ0n) is 14.6. The minimum absolute atomic E-state index is 0.231. The Hall–Kier alpha value is -2.62. The fraction of sp³-hybridized carbons (Fsp3) is 0. The van der Waals surface area contributed by atoms with Crippen LogP contribution in [0.3, 0.4) is 0 Å². The number of hydrazone groups is 1. The van der Waals surface area contributed by atoms with Crippen LogP contribution in [-0.4, -0.2) is 17.1 Å². The minimum atomic E-state index is -0.457. The molecule has 2 heterocycles. The highest BCUT2D eigenvalue weighted by molar-refractivity contribution is 9.10. The van der Waals surface area contributed by atoms with Crippen molar-refractivity contribution in [2.75, 3.05) is 0 Å². The highest BCUT2D eigenvalue weighted by atomic mass is 79.9. The molecule has 29 heavy (non-hydrogen) atoms. The molecule has 2 aromatic heterocycles. The third kappa shape index (κ3) is 4.36. The number of hydrogen-bond donors (Lipinski definition) is 1. The van der Waals surface area contributed by atoms with Crippen molar-refractivity contribution in [2.45, 2.75) is 0 Å². The molecule has 0 aliphatic carbocycles. The summed E-state index contributed by atoms with van der Waals surface area (Å²) < 4.78 is 7.20. The van der Waals surface area contributed by atoms with Gasteiger partial charge in [0.25, 0.3) is 5.91 Å². The molecule has 4 rings (SSSR count). The lowest BCUT2D eigenvalue weighted by molar-refractivity contribution is 0.0955. The van der Waals surface area contributed by atoms with Crippen LogP contribution in [0.15, 0.2) is 77.4 Å². The average Bonchev–Trinajstić information content (AvgIpc) is 3.20. The van der Waals surface area contributed by atoms with Crippen LogP contribution in [0.2, 0.25) is 0 Å². The third-order valence-corrected chi connectivity index (χ3v) is 5.78. The zero-order valence-corrected chi connectivity index (χ0v) is 18.5. The number of halogens is 2. The number of amides is 1. The van der Waals surface area contributed by atoms with Crippen molar-refractivity contribution in [3.8, 4) is 11.3 Å². The Balaban J connectivity index is 1.49. The molecule has 1 N–H and O–H groups in total. The van der Waals surface area contributed by atoms with E-state index in [0.717, 1.165) is 14.5 Å². The number of nitrogens with zero attached hydrogens (tertiary/aromatic N) is 2. The van der Waals surface area contributed by atoms with Crippen molar-refractivity contribution in [1.82, 2.24) is 10.4 Å². The van der Waals surface area contributed by atoms with Gasteiger partial charge in [-0.15, -0.1) is 11.3 Å². The lowest BCUT2D eigenvalue weighted by atomic mass is 10.2. The van der Waals surface area contributed by atoms with Crippen LogP contribution in [0, 0.1) is 0 Å². The van der Waals surface area contributed by atoms with Crippen LogP contribution in [0.4, 0.5) is 0 Å². The molecule has 0 saturated carbocycles. The molecule has 4 aromatic rings. The van der Waals surface area contributed by atoms with Crippen LogP contribution in [0.1, 0.15) is 15.4 Å². The van der Waals surface area contributed by atoms with Gasteiger partial charge >= 0.3 is 0 Å². The monoisotopic (exact) mass is 531 g/mol. The van der Waals surface area contributed by atoms with Gasteiger partial charge in [-0.1, -0.05) is 44.0 Å². The van der Waals surface area contributed by atoms with Crippen molar-refractivity contribution in [1.29, 1.82) is 0 Å². The predicted molar refractivity (Wildman–Crippen MR) is 120 cm³/mol. The zero-order chi connectivity index (χ0) is 20.4. The molecule has 0 aliphatic heterocycles. The molecule has 144 valence electrons. The Kier molecular flexibility index (Phi) is 5.70. The molecule has 0 atom stereocenters. The number of benzene rings is 2. The van der Waals surface area contributed by atoms with Gasteiger partial charge in [0.1, 0.15) is 11.8 Å². The second-order valence-corrected chi connectivity index (χ2v) is 8.60. The van der Waals surface area contributed by atoms with Crippen LogP contribution in [0.25, 0.3) is 22.2 Å². The van der Waals surface area contributed by atoms with Gasteiger partial charge in [0.05, 0.1) is 22.9 Å². The van der Waals surface area contributed by atoms with E-state index in [0.29, 0.717) is 16.7 Å². The Bertz CT molecular complexity index is 1310. The van der Waals surface area contributed by atoms with Gasteiger partial charge in [0, 0.05) is 19.9 Å². The van der Waals surface area contributed by atoms with E-state index in [4.69, 9.17) is 4.42 Å². The van der Waals surface area contributed by atoms with Gasteiger partial charge in [-0.05, 0) is 30.3 Å². The first kappa shape index (κ1) is 19.7. The maximum atomic E-state index is 12.5. The van der Waals surface area contributed by atoms with E-state index in [1.165, 1.54) is 23.8 Å². The van der Waals surface area contributed by atoms with Crippen molar-refractivity contribution in [2.24, 2.45) is 5.10 Å². The number of thiazole rings is 1. The van der Waals surface area contributed by atoms with Gasteiger partial charge in [-0.3, -0.25) is 9.59 Å². The van der Waals surface area contributed by atoms with Crippen molar-refractivity contribution < 1.29 is 9.21 Å². The lowest BCUT2D eigenvalue weighted by Gasteiger charge is -1.99. The number of hydrogen-bond acceptors (Lipinski definition) is 6. The van der Waals surface area contributed by atoms with Gasteiger partial charge in [-0.25, -0.2) is 10.4 Å². The lowest BCUT2D eigenvalue weighted by Crippen LogP contribution is -2.18. The average molecular weight is 533 g/mol. The van der Waals surface area contributed by atoms with Crippen LogP contribution in [0.5, 0.6) is 0 Å². The summed E-state index contributed by atoms with van der Waals surface area (Å²) in [5.41, 5.74) is 4.45. The minimum Gasteiger partial charge on any atom is -0.463 e. The second kappa shape index (κ2) is 8.40. The Morgan fingerprint density at radius 2 is 2.00 bits per heavy atom. The highest BCUT2D eigenvalue weighted by Crippen LogP contribution is 2.24. The first-order valence-electron chi connectivity index (χ1n) is 8.27. The number of aromatic nitrogens is 1. The van der Waals surface area contributed by atoms with E-state index in [1.807, 2.05) is 24.3 Å². The number of carbonyl (C=O) groups excluding carboxylic acids is 1. The van der Waals surface area contributed by atoms with Gasteiger partial charge in [0.15, 0.2) is 5.01 Å². The summed E-state index contributed by atoms with van der Waals surface area (Å²) in [6, 6.07) is 12.8. The summed E-state index contributed by atoms with van der Waals surface area (Å²) in [7, 11) is 0. The Morgan fingerprint density at radius 1 is 1.17 bits per heavy atom. The van der Waals surface area contributed by atoms with Gasteiger partial charge < -0.3 is 4.42 Å². The van der Waals surface area contributed by atoms with E-state index in [-0.39, 0.29) is 16.0 Å². The number of carbonyl (C=O) groups is 1. The van der Waals surface area contributed by atoms with Crippen molar-refractivity contribution >= 4 is 66.3 Å². The molecule has 0 saturated heterocycles. The molecule has 0 bridgehead atoms. The fourth-order valence-corrected chi connectivity index (χ4v) is 4.03. The Morgan fingerprint density at radius 3 is 2.83 bits per heavy atom. The summed E-state index contributed by atoms with van der Waals surface area (Å²) in [6.07, 6.45) is 2.57. The third-order valence-electron chi connectivity index (χ3n) is 3.95. The topological polar surface area (TPSA) is 84.6 Å². The molecular formula is C20H11Br2N3O3S.